The average Bonchev–Trinajstić information content (AvgIpc) is 2.39. The molecular formula is C14H30N2O2. The number of piperazine rings is 1. The van der Waals surface area contributed by atoms with Gasteiger partial charge < -0.3 is 14.4 Å². The van der Waals surface area contributed by atoms with Crippen molar-refractivity contribution in [3.05, 3.63) is 0 Å². The fourth-order valence-corrected chi connectivity index (χ4v) is 2.04. The van der Waals surface area contributed by atoms with Crippen LogP contribution in [0.15, 0.2) is 0 Å². The Bertz CT molecular complexity index is 183. The number of likely N-dealkylation sites (N-methyl/N-ethyl adjacent to an activating group) is 1. The second kappa shape index (κ2) is 10.7. The zero-order valence-corrected chi connectivity index (χ0v) is 12.2. The van der Waals surface area contributed by atoms with E-state index >= 15 is 0 Å². The second-order valence-corrected chi connectivity index (χ2v) is 5.08. The molecule has 0 radical (unpaired) electrons. The van der Waals surface area contributed by atoms with Crippen LogP contribution in [0, 0.1) is 0 Å². The van der Waals surface area contributed by atoms with Gasteiger partial charge in [0.25, 0.3) is 0 Å². The highest BCUT2D eigenvalue weighted by atomic mass is 16.5. The molecule has 1 heterocycles. The summed E-state index contributed by atoms with van der Waals surface area (Å²) >= 11 is 0. The Hall–Kier alpha value is -0.160. The van der Waals surface area contributed by atoms with Gasteiger partial charge in [0, 0.05) is 39.3 Å². The van der Waals surface area contributed by atoms with Gasteiger partial charge in [-0.2, -0.15) is 0 Å². The Balaban J connectivity index is 1.78. The Morgan fingerprint density at radius 1 is 0.833 bits per heavy atom. The number of hydrogen-bond donors (Lipinski definition) is 0. The van der Waals surface area contributed by atoms with Crippen molar-refractivity contribution in [3.63, 3.8) is 0 Å². The summed E-state index contributed by atoms with van der Waals surface area (Å²) in [4.78, 5) is 4.85. The van der Waals surface area contributed by atoms with Crippen molar-refractivity contribution in [2.75, 3.05) is 66.2 Å². The Morgan fingerprint density at radius 2 is 1.50 bits per heavy atom. The lowest BCUT2D eigenvalue weighted by Crippen LogP contribution is -2.45. The minimum absolute atomic E-state index is 0.736. The maximum atomic E-state index is 5.59. The summed E-state index contributed by atoms with van der Waals surface area (Å²) in [5.41, 5.74) is 0. The molecule has 4 nitrogen and oxygen atoms in total. The summed E-state index contributed by atoms with van der Waals surface area (Å²) in [6.07, 6.45) is 3.70. The van der Waals surface area contributed by atoms with E-state index in [0.717, 1.165) is 33.0 Å². The maximum Gasteiger partial charge on any atom is 0.0701 e. The van der Waals surface area contributed by atoms with Gasteiger partial charge in [0.15, 0.2) is 0 Å². The normalized spacial score (nSPS) is 18.3. The van der Waals surface area contributed by atoms with Gasteiger partial charge in [0.2, 0.25) is 0 Å². The Morgan fingerprint density at radius 3 is 2.17 bits per heavy atom. The molecule has 0 amide bonds. The number of nitrogens with zero attached hydrogens (tertiary/aromatic N) is 2. The molecule has 108 valence electrons. The highest BCUT2D eigenvalue weighted by molar-refractivity contribution is 4.68. The molecular weight excluding hydrogens is 228 g/mol. The van der Waals surface area contributed by atoms with Crippen molar-refractivity contribution in [1.82, 2.24) is 9.80 Å². The van der Waals surface area contributed by atoms with E-state index in [1.165, 1.54) is 45.4 Å². The molecule has 1 saturated heterocycles. The van der Waals surface area contributed by atoms with E-state index in [0.29, 0.717) is 0 Å². The van der Waals surface area contributed by atoms with E-state index in [4.69, 9.17) is 9.47 Å². The van der Waals surface area contributed by atoms with Crippen LogP contribution >= 0.6 is 0 Å². The van der Waals surface area contributed by atoms with Crippen LogP contribution < -0.4 is 0 Å². The molecule has 1 aliphatic rings. The van der Waals surface area contributed by atoms with E-state index in [2.05, 4.69) is 23.8 Å². The summed E-state index contributed by atoms with van der Waals surface area (Å²) in [6, 6.07) is 0. The second-order valence-electron chi connectivity index (χ2n) is 5.08. The average molecular weight is 258 g/mol. The third-order valence-corrected chi connectivity index (χ3v) is 3.41. The van der Waals surface area contributed by atoms with Crippen LogP contribution in [0.1, 0.15) is 26.2 Å². The van der Waals surface area contributed by atoms with Crippen molar-refractivity contribution in [1.29, 1.82) is 0 Å². The molecule has 0 atom stereocenters. The monoisotopic (exact) mass is 258 g/mol. The first kappa shape index (κ1) is 15.9. The molecule has 0 unspecified atom stereocenters. The fourth-order valence-electron chi connectivity index (χ4n) is 2.04. The minimum atomic E-state index is 0.736. The van der Waals surface area contributed by atoms with Gasteiger partial charge >= 0.3 is 0 Å². The smallest absolute Gasteiger partial charge is 0.0701 e. The van der Waals surface area contributed by atoms with Gasteiger partial charge in [-0.05, 0) is 13.5 Å². The summed E-state index contributed by atoms with van der Waals surface area (Å²) in [7, 11) is 2.18. The summed E-state index contributed by atoms with van der Waals surface area (Å²) in [5, 5.41) is 0. The molecule has 1 aliphatic heterocycles. The molecule has 0 aromatic carbocycles. The maximum absolute atomic E-state index is 5.59. The van der Waals surface area contributed by atoms with Crippen LogP contribution in [-0.4, -0.2) is 76.0 Å². The lowest BCUT2D eigenvalue weighted by molar-refractivity contribution is 0.0323. The standard InChI is InChI=1S/C14H30N2O2/c1-3-4-5-11-17-13-14-18-12-10-16-8-6-15(2)7-9-16/h3-14H2,1-2H3. The minimum Gasteiger partial charge on any atom is -0.379 e. The number of rotatable bonds is 10. The van der Waals surface area contributed by atoms with E-state index in [9.17, 15) is 0 Å². The Labute approximate surface area is 112 Å². The van der Waals surface area contributed by atoms with Gasteiger partial charge in [-0.3, -0.25) is 4.90 Å². The lowest BCUT2D eigenvalue weighted by Gasteiger charge is -2.32. The van der Waals surface area contributed by atoms with Gasteiger partial charge in [0.05, 0.1) is 19.8 Å². The molecule has 0 bridgehead atoms. The molecule has 0 saturated carbocycles. The van der Waals surface area contributed by atoms with Crippen LogP contribution in [0.2, 0.25) is 0 Å². The largest absolute Gasteiger partial charge is 0.379 e. The molecule has 0 aromatic heterocycles. The first-order valence-corrected chi connectivity index (χ1v) is 7.39. The van der Waals surface area contributed by atoms with Gasteiger partial charge in [-0.25, -0.2) is 0 Å². The van der Waals surface area contributed by atoms with Crippen LogP contribution in [0.25, 0.3) is 0 Å². The lowest BCUT2D eigenvalue weighted by atomic mass is 10.3. The fraction of sp³-hybridized carbons (Fsp3) is 1.00. The topological polar surface area (TPSA) is 24.9 Å². The number of ether oxygens (including phenoxy) is 2. The number of unbranched alkanes of at least 4 members (excludes halogenated alkanes) is 2. The molecule has 0 N–H and O–H groups in total. The molecule has 0 spiro atoms. The van der Waals surface area contributed by atoms with Gasteiger partial charge in [0.1, 0.15) is 0 Å². The number of hydrogen-bond acceptors (Lipinski definition) is 4. The van der Waals surface area contributed by atoms with Crippen LogP contribution in [0.3, 0.4) is 0 Å². The zero-order valence-electron chi connectivity index (χ0n) is 12.2. The van der Waals surface area contributed by atoms with E-state index in [1.54, 1.807) is 0 Å². The Kier molecular flexibility index (Phi) is 9.48. The van der Waals surface area contributed by atoms with Crippen LogP contribution in [0.4, 0.5) is 0 Å². The van der Waals surface area contributed by atoms with Gasteiger partial charge in [-0.1, -0.05) is 19.8 Å². The molecule has 18 heavy (non-hydrogen) atoms. The van der Waals surface area contributed by atoms with Crippen LogP contribution in [-0.2, 0) is 9.47 Å². The summed E-state index contributed by atoms with van der Waals surface area (Å²) in [6.45, 7) is 11.2. The third-order valence-electron chi connectivity index (χ3n) is 3.41. The van der Waals surface area contributed by atoms with Crippen molar-refractivity contribution in [2.45, 2.75) is 26.2 Å². The first-order chi connectivity index (χ1) is 8.83. The van der Waals surface area contributed by atoms with Crippen molar-refractivity contribution >= 4 is 0 Å². The molecule has 4 heteroatoms. The molecule has 0 aliphatic carbocycles. The van der Waals surface area contributed by atoms with Gasteiger partial charge in [-0.15, -0.1) is 0 Å². The SMILES string of the molecule is CCCCCOCCOCCN1CCN(C)CC1. The van der Waals surface area contributed by atoms with Crippen molar-refractivity contribution < 1.29 is 9.47 Å². The summed E-state index contributed by atoms with van der Waals surface area (Å²) < 4.78 is 11.1. The van der Waals surface area contributed by atoms with Crippen molar-refractivity contribution in [2.24, 2.45) is 0 Å². The highest BCUT2D eigenvalue weighted by Crippen LogP contribution is 1.98. The van der Waals surface area contributed by atoms with E-state index in [-0.39, 0.29) is 0 Å². The molecule has 1 fully saturated rings. The summed E-state index contributed by atoms with van der Waals surface area (Å²) in [5.74, 6) is 0. The zero-order chi connectivity index (χ0) is 13.1. The molecule has 1 rings (SSSR count). The van der Waals surface area contributed by atoms with E-state index in [1.807, 2.05) is 0 Å². The third kappa shape index (κ3) is 8.03. The van der Waals surface area contributed by atoms with Crippen LogP contribution in [0.5, 0.6) is 0 Å². The van der Waals surface area contributed by atoms with Crippen molar-refractivity contribution in [3.8, 4) is 0 Å². The molecule has 0 aromatic rings. The predicted molar refractivity (Wildman–Crippen MR) is 75.1 cm³/mol. The van der Waals surface area contributed by atoms with E-state index < -0.39 is 0 Å². The first-order valence-electron chi connectivity index (χ1n) is 7.39. The predicted octanol–water partition coefficient (Wildman–Crippen LogP) is 1.46. The quantitative estimate of drug-likeness (QED) is 0.554. The highest BCUT2D eigenvalue weighted by Gasteiger charge is 2.12.